The van der Waals surface area contributed by atoms with E-state index >= 15 is 0 Å². The Balaban J connectivity index is 1.38. The number of nitrogens with zero attached hydrogens (tertiary/aromatic N) is 2. The number of hydrogen-bond acceptors (Lipinski definition) is 2. The number of carbonyl (C=O) groups is 2. The molecule has 0 saturated carbocycles. The van der Waals surface area contributed by atoms with E-state index < -0.39 is 0 Å². The van der Waals surface area contributed by atoms with Gasteiger partial charge in [0.25, 0.3) is 0 Å². The SMILES string of the molecule is O=C1CCCN1CCCC(=O)N1CCCC(CCc2ccccc2)C1. The zero-order valence-electron chi connectivity index (χ0n) is 15.2. The second-order valence-corrected chi connectivity index (χ2v) is 7.46. The van der Waals surface area contributed by atoms with Gasteiger partial charge in [-0.15, -0.1) is 0 Å². The van der Waals surface area contributed by atoms with Crippen LogP contribution in [-0.2, 0) is 16.0 Å². The minimum Gasteiger partial charge on any atom is -0.343 e. The van der Waals surface area contributed by atoms with Crippen LogP contribution in [0, 0.1) is 5.92 Å². The summed E-state index contributed by atoms with van der Waals surface area (Å²) in [6, 6.07) is 10.6. The summed E-state index contributed by atoms with van der Waals surface area (Å²) in [6.45, 7) is 3.44. The summed E-state index contributed by atoms with van der Waals surface area (Å²) in [5, 5.41) is 0. The van der Waals surface area contributed by atoms with E-state index in [9.17, 15) is 9.59 Å². The first-order valence-corrected chi connectivity index (χ1v) is 9.82. The molecule has 1 aromatic rings. The first kappa shape index (κ1) is 18.0. The molecule has 2 aliphatic rings. The highest BCUT2D eigenvalue weighted by Gasteiger charge is 2.24. The molecule has 3 rings (SSSR count). The Morgan fingerprint density at radius 1 is 1.12 bits per heavy atom. The molecule has 2 amide bonds. The van der Waals surface area contributed by atoms with Crippen molar-refractivity contribution >= 4 is 11.8 Å². The van der Waals surface area contributed by atoms with E-state index in [0.717, 1.165) is 58.3 Å². The van der Waals surface area contributed by atoms with E-state index in [2.05, 4.69) is 35.2 Å². The van der Waals surface area contributed by atoms with Crippen LogP contribution in [0.3, 0.4) is 0 Å². The van der Waals surface area contributed by atoms with Crippen molar-refractivity contribution in [2.45, 2.75) is 51.4 Å². The second kappa shape index (κ2) is 9.02. The fourth-order valence-electron chi connectivity index (χ4n) is 4.06. The van der Waals surface area contributed by atoms with Crippen LogP contribution in [0.25, 0.3) is 0 Å². The number of carbonyl (C=O) groups excluding carboxylic acids is 2. The molecular formula is C21H30N2O2. The fraction of sp³-hybridized carbons (Fsp3) is 0.619. The molecule has 2 fully saturated rings. The van der Waals surface area contributed by atoms with Gasteiger partial charge in [-0.3, -0.25) is 9.59 Å². The van der Waals surface area contributed by atoms with Crippen molar-refractivity contribution in [3.8, 4) is 0 Å². The molecule has 0 bridgehead atoms. The van der Waals surface area contributed by atoms with Crippen molar-refractivity contribution in [1.82, 2.24) is 9.80 Å². The number of aryl methyl sites for hydroxylation is 1. The van der Waals surface area contributed by atoms with E-state index in [0.29, 0.717) is 18.8 Å². The highest BCUT2D eigenvalue weighted by atomic mass is 16.2. The molecule has 136 valence electrons. The van der Waals surface area contributed by atoms with Crippen LogP contribution in [-0.4, -0.2) is 47.8 Å². The molecule has 2 saturated heterocycles. The normalized spacial score (nSPS) is 21.0. The maximum Gasteiger partial charge on any atom is 0.222 e. The van der Waals surface area contributed by atoms with Gasteiger partial charge in [-0.25, -0.2) is 0 Å². The minimum atomic E-state index is 0.256. The van der Waals surface area contributed by atoms with Crippen LogP contribution in [0.1, 0.15) is 50.5 Å². The summed E-state index contributed by atoms with van der Waals surface area (Å²) in [7, 11) is 0. The van der Waals surface area contributed by atoms with E-state index in [1.165, 1.54) is 12.0 Å². The largest absolute Gasteiger partial charge is 0.343 e. The smallest absolute Gasteiger partial charge is 0.222 e. The van der Waals surface area contributed by atoms with Crippen LogP contribution in [0.15, 0.2) is 30.3 Å². The van der Waals surface area contributed by atoms with E-state index in [-0.39, 0.29) is 11.8 Å². The highest BCUT2D eigenvalue weighted by molar-refractivity contribution is 5.78. The maximum absolute atomic E-state index is 12.5. The lowest BCUT2D eigenvalue weighted by molar-refractivity contribution is -0.134. The number of rotatable bonds is 7. The van der Waals surface area contributed by atoms with E-state index in [4.69, 9.17) is 0 Å². The van der Waals surface area contributed by atoms with E-state index in [1.54, 1.807) is 0 Å². The van der Waals surface area contributed by atoms with Gasteiger partial charge in [0.15, 0.2) is 0 Å². The van der Waals surface area contributed by atoms with Crippen LogP contribution < -0.4 is 0 Å². The Hall–Kier alpha value is -1.84. The Labute approximate surface area is 151 Å². The first-order valence-electron chi connectivity index (χ1n) is 9.82. The number of hydrogen-bond donors (Lipinski definition) is 0. The average molecular weight is 342 g/mol. The van der Waals surface area contributed by atoms with Crippen molar-refractivity contribution in [2.24, 2.45) is 5.92 Å². The van der Waals surface area contributed by atoms with Gasteiger partial charge in [-0.2, -0.15) is 0 Å². The molecule has 2 heterocycles. The third-order valence-corrected chi connectivity index (χ3v) is 5.55. The molecule has 0 aromatic heterocycles. The standard InChI is InChI=1S/C21H30N2O2/c24-20-10-5-14-22(20)15-6-11-21(25)23-16-4-9-19(17-23)13-12-18-7-2-1-3-8-18/h1-3,7-8,19H,4-6,9-17H2. The van der Waals surface area contributed by atoms with Gasteiger partial charge in [0, 0.05) is 39.0 Å². The molecular weight excluding hydrogens is 312 g/mol. The fourth-order valence-corrected chi connectivity index (χ4v) is 4.06. The molecule has 4 nitrogen and oxygen atoms in total. The summed E-state index contributed by atoms with van der Waals surface area (Å²) in [5.41, 5.74) is 1.39. The van der Waals surface area contributed by atoms with E-state index in [1.807, 2.05) is 4.90 Å². The van der Waals surface area contributed by atoms with Crippen LogP contribution in [0.4, 0.5) is 0 Å². The van der Waals surface area contributed by atoms with Crippen LogP contribution >= 0.6 is 0 Å². The zero-order chi connectivity index (χ0) is 17.5. The monoisotopic (exact) mass is 342 g/mol. The summed E-state index contributed by atoms with van der Waals surface area (Å²) >= 11 is 0. The Morgan fingerprint density at radius 3 is 2.72 bits per heavy atom. The summed E-state index contributed by atoms with van der Waals surface area (Å²) in [5.74, 6) is 1.15. The number of benzene rings is 1. The summed E-state index contributed by atoms with van der Waals surface area (Å²) < 4.78 is 0. The average Bonchev–Trinajstić information content (AvgIpc) is 3.06. The van der Waals surface area contributed by atoms with Crippen molar-refractivity contribution in [2.75, 3.05) is 26.2 Å². The summed E-state index contributed by atoms with van der Waals surface area (Å²) in [6.07, 6.45) is 7.66. The van der Waals surface area contributed by atoms with Gasteiger partial charge in [0.05, 0.1) is 0 Å². The Bertz CT molecular complexity index is 573. The molecule has 0 aliphatic carbocycles. The lowest BCUT2D eigenvalue weighted by Crippen LogP contribution is -2.40. The maximum atomic E-state index is 12.5. The molecule has 25 heavy (non-hydrogen) atoms. The number of amides is 2. The Morgan fingerprint density at radius 2 is 1.96 bits per heavy atom. The van der Waals surface area contributed by atoms with Gasteiger partial charge in [0.1, 0.15) is 0 Å². The first-order chi connectivity index (χ1) is 12.2. The van der Waals surface area contributed by atoms with Crippen LogP contribution in [0.5, 0.6) is 0 Å². The van der Waals surface area contributed by atoms with Gasteiger partial charge >= 0.3 is 0 Å². The molecule has 1 atom stereocenters. The molecule has 0 spiro atoms. The number of likely N-dealkylation sites (tertiary alicyclic amines) is 2. The highest BCUT2D eigenvalue weighted by Crippen LogP contribution is 2.22. The lowest BCUT2D eigenvalue weighted by Gasteiger charge is -2.33. The van der Waals surface area contributed by atoms with Gasteiger partial charge in [-0.1, -0.05) is 30.3 Å². The van der Waals surface area contributed by atoms with Gasteiger partial charge in [0.2, 0.25) is 11.8 Å². The lowest BCUT2D eigenvalue weighted by atomic mass is 9.91. The van der Waals surface area contributed by atoms with Crippen molar-refractivity contribution < 1.29 is 9.59 Å². The molecule has 2 aliphatic heterocycles. The zero-order valence-corrected chi connectivity index (χ0v) is 15.2. The van der Waals surface area contributed by atoms with Crippen LogP contribution in [0.2, 0.25) is 0 Å². The molecule has 4 heteroatoms. The quantitative estimate of drug-likeness (QED) is 0.763. The van der Waals surface area contributed by atoms with Crippen molar-refractivity contribution in [3.05, 3.63) is 35.9 Å². The second-order valence-electron chi connectivity index (χ2n) is 7.46. The van der Waals surface area contributed by atoms with Gasteiger partial charge in [-0.05, 0) is 50.0 Å². The predicted molar refractivity (Wildman–Crippen MR) is 99.1 cm³/mol. The number of piperidine rings is 1. The van der Waals surface area contributed by atoms with Gasteiger partial charge < -0.3 is 9.80 Å². The topological polar surface area (TPSA) is 40.6 Å². The third kappa shape index (κ3) is 5.32. The molecule has 0 radical (unpaired) electrons. The third-order valence-electron chi connectivity index (χ3n) is 5.55. The summed E-state index contributed by atoms with van der Waals surface area (Å²) in [4.78, 5) is 28.1. The Kier molecular flexibility index (Phi) is 6.48. The molecule has 1 aromatic carbocycles. The van der Waals surface area contributed by atoms with Crippen molar-refractivity contribution in [3.63, 3.8) is 0 Å². The van der Waals surface area contributed by atoms with Crippen molar-refractivity contribution in [1.29, 1.82) is 0 Å². The molecule has 1 unspecified atom stereocenters. The molecule has 0 N–H and O–H groups in total. The predicted octanol–water partition coefficient (Wildman–Crippen LogP) is 3.26. The minimum absolute atomic E-state index is 0.256.